The maximum atomic E-state index is 13.9. The fraction of sp³-hybridized carbons (Fsp3) is 0.619. The molecule has 1 N–H and O–H groups in total. The minimum Gasteiger partial charge on any atom is -0.383 e. The first-order valence-corrected chi connectivity index (χ1v) is 10.6. The monoisotopic (exact) mass is 450 g/mol. The molecule has 1 aliphatic heterocycles. The number of halogens is 1. The van der Waals surface area contributed by atoms with Crippen LogP contribution in [0.15, 0.2) is 22.7 Å². The van der Waals surface area contributed by atoms with Gasteiger partial charge in [-0.2, -0.15) is 0 Å². The number of carbonyl (C=O) groups excluding carboxylic acids is 2. The third-order valence-electron chi connectivity index (χ3n) is 6.92. The molecule has 4 rings (SSSR count). The van der Waals surface area contributed by atoms with Crippen LogP contribution in [0.1, 0.15) is 43.7 Å². The second kappa shape index (κ2) is 7.11. The van der Waals surface area contributed by atoms with Gasteiger partial charge in [-0.15, -0.1) is 0 Å². The summed E-state index contributed by atoms with van der Waals surface area (Å²) in [6, 6.07) is 5.46. The van der Waals surface area contributed by atoms with Gasteiger partial charge in [-0.1, -0.05) is 22.0 Å². The Morgan fingerprint density at radius 2 is 2.00 bits per heavy atom. The summed E-state index contributed by atoms with van der Waals surface area (Å²) < 4.78 is 11.7. The molecule has 1 aromatic rings. The molecule has 0 aromatic heterocycles. The number of rotatable bonds is 4. The molecule has 2 fully saturated rings. The molecule has 6 nitrogen and oxygen atoms in total. The fourth-order valence-corrected chi connectivity index (χ4v) is 5.93. The van der Waals surface area contributed by atoms with Crippen molar-refractivity contribution in [2.75, 3.05) is 20.8 Å². The van der Waals surface area contributed by atoms with Crippen LogP contribution in [-0.2, 0) is 26.2 Å². The molecule has 2 spiro atoms. The Balaban J connectivity index is 1.82. The molecule has 2 aliphatic carbocycles. The molecule has 3 aliphatic rings. The third-order valence-corrected chi connectivity index (χ3v) is 7.42. The van der Waals surface area contributed by atoms with Gasteiger partial charge in [0.05, 0.1) is 18.8 Å². The molecule has 1 heterocycles. The minimum absolute atomic E-state index is 0.144. The number of ether oxygens (including phenoxy) is 2. The van der Waals surface area contributed by atoms with Crippen LogP contribution in [-0.4, -0.2) is 49.8 Å². The summed E-state index contributed by atoms with van der Waals surface area (Å²) in [4.78, 5) is 28.3. The zero-order valence-electron chi connectivity index (χ0n) is 16.6. The van der Waals surface area contributed by atoms with Crippen molar-refractivity contribution >= 4 is 27.9 Å². The van der Waals surface area contributed by atoms with Crippen LogP contribution in [0.3, 0.4) is 0 Å². The summed E-state index contributed by atoms with van der Waals surface area (Å²) in [7, 11) is 3.33. The summed E-state index contributed by atoms with van der Waals surface area (Å²) in [5, 5.41) is 3.17. The smallest absolute Gasteiger partial charge is 0.325 e. The number of carbonyl (C=O) groups is 2. The highest BCUT2D eigenvalue weighted by Gasteiger charge is 2.68. The molecule has 3 amide bonds. The standard InChI is InChI=1S/C21H27BrN2O4/c1-13(12-27-2)24-18(25)21(23-19(24)26)17-10-15(22)5-4-14(17)11-20(21)8-6-16(28-3)7-9-20/h4-5,10,13,16H,6-9,11-12H2,1-3H3,(H,23,26). The lowest BCUT2D eigenvalue weighted by Crippen LogP contribution is -2.57. The Labute approximate surface area is 174 Å². The van der Waals surface area contributed by atoms with Crippen LogP contribution in [0.5, 0.6) is 0 Å². The SMILES string of the molecule is COCC(C)N1C(=O)NC2(C1=O)c1cc(Br)ccc1CC21CCC(OC)CC1. The number of nitrogens with zero attached hydrogens (tertiary/aromatic N) is 1. The van der Waals surface area contributed by atoms with E-state index in [9.17, 15) is 9.59 Å². The van der Waals surface area contributed by atoms with Crippen LogP contribution in [0.4, 0.5) is 4.79 Å². The lowest BCUT2D eigenvalue weighted by Gasteiger charge is -2.46. The molecule has 1 saturated heterocycles. The van der Waals surface area contributed by atoms with E-state index in [2.05, 4.69) is 27.3 Å². The number of nitrogens with one attached hydrogen (secondary N) is 1. The zero-order chi connectivity index (χ0) is 20.1. The molecule has 1 saturated carbocycles. The first kappa shape index (κ1) is 19.9. The van der Waals surface area contributed by atoms with Crippen LogP contribution in [0.25, 0.3) is 0 Å². The van der Waals surface area contributed by atoms with E-state index in [0.717, 1.165) is 47.7 Å². The van der Waals surface area contributed by atoms with Crippen molar-refractivity contribution in [1.29, 1.82) is 0 Å². The van der Waals surface area contributed by atoms with E-state index in [4.69, 9.17) is 9.47 Å². The molecule has 28 heavy (non-hydrogen) atoms. The fourth-order valence-electron chi connectivity index (χ4n) is 5.57. The van der Waals surface area contributed by atoms with Crippen LogP contribution in [0, 0.1) is 5.41 Å². The van der Waals surface area contributed by atoms with E-state index in [-0.39, 0.29) is 29.5 Å². The van der Waals surface area contributed by atoms with Gasteiger partial charge < -0.3 is 14.8 Å². The highest BCUT2D eigenvalue weighted by Crippen LogP contribution is 2.60. The number of methoxy groups -OCH3 is 2. The highest BCUT2D eigenvalue weighted by atomic mass is 79.9. The van der Waals surface area contributed by atoms with Gasteiger partial charge in [-0.05, 0) is 62.3 Å². The van der Waals surface area contributed by atoms with Crippen molar-refractivity contribution in [3.63, 3.8) is 0 Å². The highest BCUT2D eigenvalue weighted by molar-refractivity contribution is 9.10. The first-order valence-electron chi connectivity index (χ1n) is 9.85. The van der Waals surface area contributed by atoms with Crippen molar-refractivity contribution in [3.05, 3.63) is 33.8 Å². The van der Waals surface area contributed by atoms with E-state index < -0.39 is 5.54 Å². The number of urea groups is 1. The van der Waals surface area contributed by atoms with Crippen LogP contribution < -0.4 is 5.32 Å². The number of amides is 3. The van der Waals surface area contributed by atoms with Gasteiger partial charge in [0.1, 0.15) is 0 Å². The molecule has 2 atom stereocenters. The van der Waals surface area contributed by atoms with E-state index >= 15 is 0 Å². The lowest BCUT2D eigenvalue weighted by atomic mass is 9.61. The van der Waals surface area contributed by atoms with Crippen molar-refractivity contribution in [3.8, 4) is 0 Å². The van der Waals surface area contributed by atoms with Gasteiger partial charge in [0, 0.05) is 24.1 Å². The average molecular weight is 451 g/mol. The van der Waals surface area contributed by atoms with E-state index in [0.29, 0.717) is 6.61 Å². The summed E-state index contributed by atoms with van der Waals surface area (Å²) in [5.74, 6) is -0.144. The van der Waals surface area contributed by atoms with E-state index in [1.165, 1.54) is 4.90 Å². The second-order valence-electron chi connectivity index (χ2n) is 8.35. The Kier molecular flexibility index (Phi) is 5.04. The number of benzene rings is 1. The molecule has 2 unspecified atom stereocenters. The molecular weight excluding hydrogens is 424 g/mol. The Morgan fingerprint density at radius 3 is 2.64 bits per heavy atom. The first-order chi connectivity index (χ1) is 13.4. The molecule has 7 heteroatoms. The molecule has 0 bridgehead atoms. The summed E-state index contributed by atoms with van der Waals surface area (Å²) >= 11 is 3.55. The normalized spacial score (nSPS) is 32.9. The Bertz CT molecular complexity index is 806. The van der Waals surface area contributed by atoms with E-state index in [1.54, 1.807) is 14.2 Å². The van der Waals surface area contributed by atoms with Crippen molar-refractivity contribution in [2.24, 2.45) is 5.41 Å². The van der Waals surface area contributed by atoms with Gasteiger partial charge in [0.2, 0.25) is 0 Å². The molecular formula is C21H27BrN2O4. The predicted molar refractivity (Wildman–Crippen MR) is 108 cm³/mol. The van der Waals surface area contributed by atoms with Crippen molar-refractivity contribution in [2.45, 2.75) is 56.7 Å². The number of hydrogen-bond acceptors (Lipinski definition) is 4. The summed E-state index contributed by atoms with van der Waals surface area (Å²) in [6.07, 6.45) is 4.49. The number of imide groups is 1. The molecule has 152 valence electrons. The predicted octanol–water partition coefficient (Wildman–Crippen LogP) is 3.36. The third kappa shape index (κ3) is 2.66. The van der Waals surface area contributed by atoms with E-state index in [1.807, 2.05) is 19.1 Å². The summed E-state index contributed by atoms with van der Waals surface area (Å²) in [6.45, 7) is 2.17. The Hall–Kier alpha value is -1.44. The van der Waals surface area contributed by atoms with Crippen LogP contribution in [0.2, 0.25) is 0 Å². The zero-order valence-corrected chi connectivity index (χ0v) is 18.2. The maximum Gasteiger partial charge on any atom is 0.325 e. The maximum absolute atomic E-state index is 13.9. The van der Waals surface area contributed by atoms with Crippen LogP contribution >= 0.6 is 15.9 Å². The van der Waals surface area contributed by atoms with Gasteiger partial charge in [0.25, 0.3) is 5.91 Å². The van der Waals surface area contributed by atoms with Crippen molar-refractivity contribution in [1.82, 2.24) is 10.2 Å². The minimum atomic E-state index is -1.01. The number of fused-ring (bicyclic) bond motifs is 3. The topological polar surface area (TPSA) is 67.9 Å². The second-order valence-corrected chi connectivity index (χ2v) is 9.27. The lowest BCUT2D eigenvalue weighted by molar-refractivity contribution is -0.140. The van der Waals surface area contributed by atoms with Gasteiger partial charge >= 0.3 is 6.03 Å². The largest absolute Gasteiger partial charge is 0.383 e. The Morgan fingerprint density at radius 1 is 1.29 bits per heavy atom. The quantitative estimate of drug-likeness (QED) is 0.713. The summed E-state index contributed by atoms with van der Waals surface area (Å²) in [5.41, 5.74) is 0.751. The molecule has 0 radical (unpaired) electrons. The van der Waals surface area contributed by atoms with Gasteiger partial charge in [0.15, 0.2) is 5.54 Å². The average Bonchev–Trinajstić information content (AvgIpc) is 3.09. The number of hydrogen-bond donors (Lipinski definition) is 1. The van der Waals surface area contributed by atoms with Crippen molar-refractivity contribution < 1.29 is 19.1 Å². The molecule has 1 aromatic carbocycles. The van der Waals surface area contributed by atoms with Gasteiger partial charge in [-0.25, -0.2) is 4.79 Å². The van der Waals surface area contributed by atoms with Gasteiger partial charge in [-0.3, -0.25) is 9.69 Å².